The summed E-state index contributed by atoms with van der Waals surface area (Å²) in [5, 5.41) is 5.28. The van der Waals surface area contributed by atoms with Gasteiger partial charge in [-0.05, 0) is 25.5 Å². The van der Waals surface area contributed by atoms with Crippen molar-refractivity contribution in [2.75, 3.05) is 18.5 Å². The third-order valence-corrected chi connectivity index (χ3v) is 2.03. The smallest absolute Gasteiger partial charge is 0.319 e. The summed E-state index contributed by atoms with van der Waals surface area (Å²) in [5.41, 5.74) is 0.460. The van der Waals surface area contributed by atoms with Gasteiger partial charge in [0.25, 0.3) is 0 Å². The van der Waals surface area contributed by atoms with Gasteiger partial charge in [-0.2, -0.15) is 0 Å². The van der Waals surface area contributed by atoms with E-state index in [0.29, 0.717) is 24.6 Å². The van der Waals surface area contributed by atoms with E-state index in [4.69, 9.17) is 4.74 Å². The number of hydrogen-bond acceptors (Lipinski definition) is 2. The molecule has 0 unspecified atom stereocenters. The van der Waals surface area contributed by atoms with Gasteiger partial charge in [-0.25, -0.2) is 9.18 Å². The van der Waals surface area contributed by atoms with E-state index in [1.54, 1.807) is 6.92 Å². The van der Waals surface area contributed by atoms with E-state index in [1.165, 1.54) is 18.2 Å². The van der Waals surface area contributed by atoms with Crippen LogP contribution in [0, 0.1) is 5.82 Å². The summed E-state index contributed by atoms with van der Waals surface area (Å²) in [6.07, 6.45) is 0.856. The Kier molecular flexibility index (Phi) is 5.26. The van der Waals surface area contributed by atoms with Crippen LogP contribution in [0.3, 0.4) is 0 Å². The average Bonchev–Trinajstić information content (AvgIpc) is 2.30. The molecule has 0 aromatic heterocycles. The van der Waals surface area contributed by atoms with Crippen molar-refractivity contribution >= 4 is 11.7 Å². The van der Waals surface area contributed by atoms with Gasteiger partial charge in [-0.1, -0.05) is 6.92 Å². The number of rotatable bonds is 5. The molecule has 4 nitrogen and oxygen atoms in total. The molecule has 2 amide bonds. The Morgan fingerprint density at radius 3 is 2.82 bits per heavy atom. The van der Waals surface area contributed by atoms with Crippen LogP contribution in [-0.2, 0) is 0 Å². The molecule has 0 atom stereocenters. The molecule has 0 aliphatic carbocycles. The van der Waals surface area contributed by atoms with Gasteiger partial charge in [0.15, 0.2) is 0 Å². The number of hydrogen-bond donors (Lipinski definition) is 2. The largest absolute Gasteiger partial charge is 0.492 e. The van der Waals surface area contributed by atoms with Gasteiger partial charge in [0, 0.05) is 12.6 Å². The van der Waals surface area contributed by atoms with Crippen LogP contribution in [0.2, 0.25) is 0 Å². The molecule has 0 bridgehead atoms. The van der Waals surface area contributed by atoms with Gasteiger partial charge >= 0.3 is 6.03 Å². The fraction of sp³-hybridized carbons (Fsp3) is 0.417. The Morgan fingerprint density at radius 2 is 2.18 bits per heavy atom. The maximum Gasteiger partial charge on any atom is 0.319 e. The van der Waals surface area contributed by atoms with Crippen molar-refractivity contribution in [3.63, 3.8) is 0 Å². The van der Waals surface area contributed by atoms with Crippen LogP contribution >= 0.6 is 0 Å². The zero-order valence-electron chi connectivity index (χ0n) is 10.0. The predicted molar refractivity (Wildman–Crippen MR) is 64.9 cm³/mol. The second kappa shape index (κ2) is 6.73. The molecule has 0 aliphatic rings. The lowest BCUT2D eigenvalue weighted by molar-refractivity contribution is 0.252. The first-order valence-electron chi connectivity index (χ1n) is 5.64. The van der Waals surface area contributed by atoms with E-state index in [-0.39, 0.29) is 6.03 Å². The molecule has 1 aromatic rings. The Morgan fingerprint density at radius 1 is 1.41 bits per heavy atom. The van der Waals surface area contributed by atoms with Gasteiger partial charge in [0.1, 0.15) is 11.6 Å². The van der Waals surface area contributed by atoms with Gasteiger partial charge in [0.05, 0.1) is 12.3 Å². The molecule has 0 saturated heterocycles. The van der Waals surface area contributed by atoms with Crippen molar-refractivity contribution in [3.05, 3.63) is 24.0 Å². The first kappa shape index (κ1) is 13.3. The lowest BCUT2D eigenvalue weighted by Gasteiger charge is -2.12. The predicted octanol–water partition coefficient (Wildman–Crippen LogP) is 2.76. The van der Waals surface area contributed by atoms with Crippen LogP contribution in [0.25, 0.3) is 0 Å². The normalized spacial score (nSPS) is 9.82. The van der Waals surface area contributed by atoms with Crippen molar-refractivity contribution in [1.82, 2.24) is 5.32 Å². The maximum absolute atomic E-state index is 13.0. The second-order valence-corrected chi connectivity index (χ2v) is 3.45. The first-order chi connectivity index (χ1) is 8.17. The minimum Gasteiger partial charge on any atom is -0.492 e. The number of anilines is 1. The van der Waals surface area contributed by atoms with Crippen molar-refractivity contribution < 1.29 is 13.9 Å². The highest BCUT2D eigenvalue weighted by atomic mass is 19.1. The molecule has 0 fully saturated rings. The summed E-state index contributed by atoms with van der Waals surface area (Å²) >= 11 is 0. The molecule has 0 saturated carbocycles. The molecule has 94 valence electrons. The molecule has 0 radical (unpaired) electrons. The first-order valence-corrected chi connectivity index (χ1v) is 5.64. The van der Waals surface area contributed by atoms with Crippen LogP contribution in [0.5, 0.6) is 5.75 Å². The zero-order valence-corrected chi connectivity index (χ0v) is 10.0. The van der Waals surface area contributed by atoms with Gasteiger partial charge in [0.2, 0.25) is 0 Å². The molecule has 0 spiro atoms. The molecule has 2 N–H and O–H groups in total. The van der Waals surface area contributed by atoms with Crippen molar-refractivity contribution in [1.29, 1.82) is 0 Å². The molecular weight excluding hydrogens is 223 g/mol. The number of urea groups is 1. The maximum atomic E-state index is 13.0. The number of carbonyl (C=O) groups excluding carboxylic acids is 1. The van der Waals surface area contributed by atoms with Crippen LogP contribution in [-0.4, -0.2) is 19.2 Å². The summed E-state index contributed by atoms with van der Waals surface area (Å²) in [7, 11) is 0. The van der Waals surface area contributed by atoms with Gasteiger partial charge in [-0.3, -0.25) is 0 Å². The van der Waals surface area contributed by atoms with E-state index in [1.807, 2.05) is 6.92 Å². The molecule has 17 heavy (non-hydrogen) atoms. The molecule has 1 aromatic carbocycles. The summed E-state index contributed by atoms with van der Waals surface area (Å²) in [6, 6.07) is 3.68. The van der Waals surface area contributed by atoms with E-state index in [9.17, 15) is 9.18 Å². The fourth-order valence-corrected chi connectivity index (χ4v) is 1.28. The monoisotopic (exact) mass is 240 g/mol. The van der Waals surface area contributed by atoms with Crippen LogP contribution in [0.4, 0.5) is 14.9 Å². The van der Waals surface area contributed by atoms with Crippen LogP contribution < -0.4 is 15.4 Å². The number of benzene rings is 1. The Labute approximate surface area is 100 Å². The molecule has 1 rings (SSSR count). The van der Waals surface area contributed by atoms with Crippen LogP contribution in [0.15, 0.2) is 18.2 Å². The highest BCUT2D eigenvalue weighted by Gasteiger charge is 2.08. The third kappa shape index (κ3) is 4.30. The zero-order chi connectivity index (χ0) is 12.7. The molecule has 0 heterocycles. The highest BCUT2D eigenvalue weighted by Crippen LogP contribution is 2.25. The standard InChI is InChI=1S/C12H17FN2O2/c1-3-7-14-12(16)15-10-6-5-9(13)8-11(10)17-4-2/h5-6,8H,3-4,7H2,1-2H3,(H2,14,15,16). The summed E-state index contributed by atoms with van der Waals surface area (Å²) in [5.74, 6) is -0.0629. The highest BCUT2D eigenvalue weighted by molar-refractivity contribution is 5.90. The number of amides is 2. The van der Waals surface area contributed by atoms with E-state index in [2.05, 4.69) is 10.6 Å². The topological polar surface area (TPSA) is 50.4 Å². The number of ether oxygens (including phenoxy) is 1. The van der Waals surface area contributed by atoms with Crippen LogP contribution in [0.1, 0.15) is 20.3 Å². The van der Waals surface area contributed by atoms with E-state index < -0.39 is 5.82 Å². The number of nitrogens with one attached hydrogen (secondary N) is 2. The van der Waals surface area contributed by atoms with E-state index in [0.717, 1.165) is 6.42 Å². The Balaban J connectivity index is 2.72. The lowest BCUT2D eigenvalue weighted by Crippen LogP contribution is -2.29. The number of halogens is 1. The van der Waals surface area contributed by atoms with Crippen molar-refractivity contribution in [2.45, 2.75) is 20.3 Å². The molecule has 0 aliphatic heterocycles. The number of carbonyl (C=O) groups is 1. The SMILES string of the molecule is CCCNC(=O)Nc1ccc(F)cc1OCC. The minimum absolute atomic E-state index is 0.320. The van der Waals surface area contributed by atoms with E-state index >= 15 is 0 Å². The van der Waals surface area contributed by atoms with Gasteiger partial charge < -0.3 is 15.4 Å². The van der Waals surface area contributed by atoms with Gasteiger partial charge in [-0.15, -0.1) is 0 Å². The average molecular weight is 240 g/mol. The molecular formula is C12H17FN2O2. The quantitative estimate of drug-likeness (QED) is 0.831. The molecule has 5 heteroatoms. The summed E-state index contributed by atoms with van der Waals surface area (Å²) in [6.45, 7) is 4.77. The summed E-state index contributed by atoms with van der Waals surface area (Å²) < 4.78 is 18.2. The van der Waals surface area contributed by atoms with Crippen molar-refractivity contribution in [3.8, 4) is 5.75 Å². The van der Waals surface area contributed by atoms with Crippen molar-refractivity contribution in [2.24, 2.45) is 0 Å². The second-order valence-electron chi connectivity index (χ2n) is 3.45. The summed E-state index contributed by atoms with van der Waals surface area (Å²) in [4.78, 5) is 11.4. The third-order valence-electron chi connectivity index (χ3n) is 2.03. The Hall–Kier alpha value is -1.78. The minimum atomic E-state index is -0.395. The Bertz CT molecular complexity index is 383. The lowest BCUT2D eigenvalue weighted by atomic mass is 10.3. The fourth-order valence-electron chi connectivity index (χ4n) is 1.28.